The summed E-state index contributed by atoms with van der Waals surface area (Å²) in [7, 11) is 1.59. The summed E-state index contributed by atoms with van der Waals surface area (Å²) in [5, 5.41) is 2.57. The van der Waals surface area contributed by atoms with Crippen LogP contribution in [0.4, 0.5) is 0 Å². The molecule has 8 heavy (non-hydrogen) atoms. The highest BCUT2D eigenvalue weighted by molar-refractivity contribution is 5.65. The first-order valence-electron chi connectivity index (χ1n) is 2.25. The van der Waals surface area contributed by atoms with Crippen LogP contribution in [0.1, 0.15) is 6.42 Å². The molecule has 0 rings (SSSR count). The Kier molecular flexibility index (Phi) is 4.07. The Balaban J connectivity index is 3.35. The molecule has 0 aliphatic carbocycles. The summed E-state index contributed by atoms with van der Waals surface area (Å²) in [6, 6.07) is -0.479. The minimum atomic E-state index is -0.479. The maximum absolute atomic E-state index is 9.76. The zero-order valence-electron chi connectivity index (χ0n) is 4.60. The van der Waals surface area contributed by atoms with Crippen LogP contribution < -0.4 is 5.32 Å². The molecule has 0 aliphatic heterocycles. The highest BCUT2D eigenvalue weighted by Crippen LogP contribution is 1.78. The Morgan fingerprint density at radius 2 is 2.25 bits per heavy atom. The normalized spacial score (nSPS) is 12.6. The third kappa shape index (κ3) is 2.47. The molecule has 0 aromatic carbocycles. The van der Waals surface area contributed by atoms with Gasteiger partial charge in [-0.25, -0.2) is 0 Å². The van der Waals surface area contributed by atoms with Crippen LogP contribution in [-0.4, -0.2) is 25.7 Å². The molecule has 0 fully saturated rings. The predicted octanol–water partition coefficient (Wildman–Crippen LogP) is -0.816. The summed E-state index contributed by atoms with van der Waals surface area (Å²) in [5.74, 6) is 0. The van der Waals surface area contributed by atoms with Crippen LogP contribution >= 0.6 is 0 Å². The molecule has 0 saturated carbocycles. The Morgan fingerprint density at radius 3 is 2.38 bits per heavy atom. The fourth-order valence-corrected chi connectivity index (χ4v) is 0.286. The van der Waals surface area contributed by atoms with Gasteiger partial charge in [-0.1, -0.05) is 0 Å². The van der Waals surface area contributed by atoms with E-state index in [1.54, 1.807) is 19.6 Å². The molecular formula is C5H7NO2. The van der Waals surface area contributed by atoms with Gasteiger partial charge >= 0.3 is 0 Å². The van der Waals surface area contributed by atoms with E-state index < -0.39 is 6.04 Å². The Labute approximate surface area is 48.1 Å². The lowest BCUT2D eigenvalue weighted by atomic mass is 10.2. The van der Waals surface area contributed by atoms with Crippen molar-refractivity contribution >= 4 is 12.6 Å². The van der Waals surface area contributed by atoms with Gasteiger partial charge in [-0.2, -0.15) is 0 Å². The number of hydrogen-bond acceptors (Lipinski definition) is 3. The van der Waals surface area contributed by atoms with Crippen molar-refractivity contribution in [2.45, 2.75) is 12.5 Å². The zero-order valence-corrected chi connectivity index (χ0v) is 4.60. The predicted molar refractivity (Wildman–Crippen MR) is 28.9 cm³/mol. The van der Waals surface area contributed by atoms with Crippen molar-refractivity contribution < 1.29 is 9.59 Å². The van der Waals surface area contributed by atoms with E-state index in [0.29, 0.717) is 0 Å². The maximum atomic E-state index is 9.76. The summed E-state index contributed by atoms with van der Waals surface area (Å²) in [5.41, 5.74) is 0. The van der Waals surface area contributed by atoms with Crippen LogP contribution in [0.15, 0.2) is 0 Å². The molecule has 3 heteroatoms. The van der Waals surface area contributed by atoms with E-state index in [2.05, 4.69) is 5.32 Å². The molecule has 0 aliphatic rings. The summed E-state index contributed by atoms with van der Waals surface area (Å²) in [6.45, 7) is 0. The van der Waals surface area contributed by atoms with E-state index in [1.165, 1.54) is 0 Å². The first-order chi connectivity index (χ1) is 3.85. The van der Waals surface area contributed by atoms with Crippen molar-refractivity contribution in [1.82, 2.24) is 5.32 Å². The van der Waals surface area contributed by atoms with Gasteiger partial charge in [0, 0.05) is 6.42 Å². The second-order valence-electron chi connectivity index (χ2n) is 1.31. The standard InChI is InChI=1S/C5H7NO2/c1-6-5(4-8)2-3-7/h5-6H,2H2,1H3/t5-/m1/s1. The lowest BCUT2D eigenvalue weighted by molar-refractivity contribution is 0.516. The molecule has 3 nitrogen and oxygen atoms in total. The molecule has 0 amide bonds. The van der Waals surface area contributed by atoms with Crippen molar-refractivity contribution in [3.63, 3.8) is 0 Å². The molecule has 2 radical (unpaired) electrons. The van der Waals surface area contributed by atoms with Gasteiger partial charge in [-0.05, 0) is 7.05 Å². The minimum absolute atomic E-state index is 0.0833. The van der Waals surface area contributed by atoms with Gasteiger partial charge in [-0.15, -0.1) is 0 Å². The monoisotopic (exact) mass is 113 g/mol. The fraction of sp³-hybridized carbons (Fsp3) is 0.600. The number of carbonyl (C=O) groups excluding carboxylic acids is 2. The van der Waals surface area contributed by atoms with Gasteiger partial charge in [0.05, 0.1) is 6.04 Å². The van der Waals surface area contributed by atoms with Gasteiger partial charge in [0.25, 0.3) is 0 Å². The average Bonchev–Trinajstić information content (AvgIpc) is 1.83. The molecule has 0 saturated heterocycles. The molecule has 1 N–H and O–H groups in total. The second-order valence-corrected chi connectivity index (χ2v) is 1.31. The van der Waals surface area contributed by atoms with Crippen molar-refractivity contribution in [1.29, 1.82) is 0 Å². The van der Waals surface area contributed by atoms with Crippen LogP contribution in [0.25, 0.3) is 0 Å². The topological polar surface area (TPSA) is 46.2 Å². The summed E-state index contributed by atoms with van der Waals surface area (Å²) >= 11 is 0. The fourth-order valence-electron chi connectivity index (χ4n) is 0.286. The number of hydrogen-bond donors (Lipinski definition) is 1. The lowest BCUT2D eigenvalue weighted by Crippen LogP contribution is -2.26. The highest BCUT2D eigenvalue weighted by Gasteiger charge is 2.01. The molecule has 44 valence electrons. The smallest absolute Gasteiger partial charge is 0.217 e. The van der Waals surface area contributed by atoms with Crippen LogP contribution in [0, 0.1) is 0 Å². The Hall–Kier alpha value is -0.700. The van der Waals surface area contributed by atoms with Crippen molar-refractivity contribution in [2.75, 3.05) is 7.05 Å². The van der Waals surface area contributed by atoms with Gasteiger partial charge in [0.1, 0.15) is 0 Å². The van der Waals surface area contributed by atoms with Crippen molar-refractivity contribution in [3.05, 3.63) is 0 Å². The molecule has 0 bridgehead atoms. The number of nitrogens with one attached hydrogen (secondary N) is 1. The summed E-state index contributed by atoms with van der Waals surface area (Å²) in [6.07, 6.45) is 3.31. The van der Waals surface area contributed by atoms with Crippen LogP contribution in [0.2, 0.25) is 0 Å². The van der Waals surface area contributed by atoms with E-state index in [1.807, 2.05) is 0 Å². The van der Waals surface area contributed by atoms with Gasteiger partial charge in [0.2, 0.25) is 6.29 Å². The number of likely N-dealkylation sites (N-methyl/N-ethyl adjacent to an activating group) is 1. The molecule has 0 aromatic heterocycles. The average molecular weight is 113 g/mol. The SMILES string of the molecule is CN[C@@H]([C]=O)C[C]=O. The first-order valence-corrected chi connectivity index (χ1v) is 2.25. The first kappa shape index (κ1) is 7.30. The van der Waals surface area contributed by atoms with Gasteiger partial charge in [-0.3, -0.25) is 9.59 Å². The molecular weight excluding hydrogens is 106 g/mol. The van der Waals surface area contributed by atoms with E-state index >= 15 is 0 Å². The van der Waals surface area contributed by atoms with Crippen LogP contribution in [0.5, 0.6) is 0 Å². The molecule has 0 heterocycles. The van der Waals surface area contributed by atoms with Crippen molar-refractivity contribution in [3.8, 4) is 0 Å². The summed E-state index contributed by atoms with van der Waals surface area (Å²) < 4.78 is 0. The zero-order chi connectivity index (χ0) is 6.41. The summed E-state index contributed by atoms with van der Waals surface area (Å²) in [4.78, 5) is 19.3. The largest absolute Gasteiger partial charge is 0.310 e. The van der Waals surface area contributed by atoms with E-state index in [-0.39, 0.29) is 6.42 Å². The number of rotatable bonds is 4. The van der Waals surface area contributed by atoms with Gasteiger partial charge in [0.15, 0.2) is 6.29 Å². The van der Waals surface area contributed by atoms with Crippen LogP contribution in [-0.2, 0) is 9.59 Å². The molecule has 0 unspecified atom stereocenters. The third-order valence-electron chi connectivity index (χ3n) is 0.778. The quantitative estimate of drug-likeness (QED) is 0.518. The molecule has 0 aromatic rings. The van der Waals surface area contributed by atoms with E-state index in [4.69, 9.17) is 0 Å². The minimum Gasteiger partial charge on any atom is -0.310 e. The Morgan fingerprint density at radius 1 is 1.62 bits per heavy atom. The van der Waals surface area contributed by atoms with Crippen LogP contribution in [0.3, 0.4) is 0 Å². The van der Waals surface area contributed by atoms with Crippen molar-refractivity contribution in [2.24, 2.45) is 0 Å². The lowest BCUT2D eigenvalue weighted by Gasteiger charge is -1.98. The van der Waals surface area contributed by atoms with E-state index in [0.717, 1.165) is 0 Å². The Bertz CT molecular complexity index is 82.5. The van der Waals surface area contributed by atoms with Gasteiger partial charge < -0.3 is 5.32 Å². The van der Waals surface area contributed by atoms with E-state index in [9.17, 15) is 9.59 Å². The maximum Gasteiger partial charge on any atom is 0.217 e. The highest BCUT2D eigenvalue weighted by atomic mass is 16.1. The third-order valence-corrected chi connectivity index (χ3v) is 0.778. The second kappa shape index (κ2) is 4.46. The molecule has 1 atom stereocenters. The molecule has 0 spiro atoms.